The van der Waals surface area contributed by atoms with E-state index in [-0.39, 0.29) is 5.97 Å². The molecular formula is C14H27NO2. The summed E-state index contributed by atoms with van der Waals surface area (Å²) in [6.07, 6.45) is 3.72. The molecule has 3 heteroatoms. The Balaban J connectivity index is 2.55. The van der Waals surface area contributed by atoms with Gasteiger partial charge in [-0.3, -0.25) is 4.79 Å². The Labute approximate surface area is 106 Å². The standard InChI is InChI=1S/C14H27NO2/c1-13(2)7-6-9-15(10-8-13)11-14(3,4)12(16)17-5/h6-11H2,1-5H3. The van der Waals surface area contributed by atoms with E-state index < -0.39 is 5.41 Å². The molecule has 1 fully saturated rings. The van der Waals surface area contributed by atoms with Gasteiger partial charge in [-0.2, -0.15) is 0 Å². The van der Waals surface area contributed by atoms with Crippen LogP contribution in [0.15, 0.2) is 0 Å². The molecule has 1 aliphatic heterocycles. The lowest BCUT2D eigenvalue weighted by molar-refractivity contribution is -0.151. The summed E-state index contributed by atoms with van der Waals surface area (Å²) in [4.78, 5) is 14.1. The lowest BCUT2D eigenvalue weighted by Crippen LogP contribution is -2.40. The fourth-order valence-corrected chi connectivity index (χ4v) is 2.54. The van der Waals surface area contributed by atoms with E-state index in [1.54, 1.807) is 0 Å². The number of hydrogen-bond donors (Lipinski definition) is 0. The molecule has 100 valence electrons. The normalized spacial score (nSPS) is 21.9. The third-order valence-electron chi connectivity index (χ3n) is 3.79. The van der Waals surface area contributed by atoms with Crippen molar-refractivity contribution < 1.29 is 9.53 Å². The molecule has 0 radical (unpaired) electrons. The van der Waals surface area contributed by atoms with Crippen molar-refractivity contribution in [3.63, 3.8) is 0 Å². The maximum Gasteiger partial charge on any atom is 0.312 e. The first kappa shape index (κ1) is 14.5. The number of likely N-dealkylation sites (tertiary alicyclic amines) is 1. The summed E-state index contributed by atoms with van der Waals surface area (Å²) < 4.78 is 4.86. The molecule has 0 spiro atoms. The van der Waals surface area contributed by atoms with Crippen LogP contribution in [0.4, 0.5) is 0 Å². The van der Waals surface area contributed by atoms with Crippen molar-refractivity contribution in [1.29, 1.82) is 0 Å². The van der Waals surface area contributed by atoms with Crippen molar-refractivity contribution >= 4 is 5.97 Å². The van der Waals surface area contributed by atoms with Crippen molar-refractivity contribution in [2.45, 2.75) is 47.0 Å². The Hall–Kier alpha value is -0.570. The topological polar surface area (TPSA) is 29.5 Å². The third-order valence-corrected chi connectivity index (χ3v) is 3.79. The highest BCUT2D eigenvalue weighted by atomic mass is 16.5. The van der Waals surface area contributed by atoms with Gasteiger partial charge < -0.3 is 9.64 Å². The van der Waals surface area contributed by atoms with Crippen molar-refractivity contribution in [2.24, 2.45) is 10.8 Å². The smallest absolute Gasteiger partial charge is 0.312 e. The van der Waals surface area contributed by atoms with Crippen LogP contribution < -0.4 is 0 Å². The number of esters is 1. The average molecular weight is 241 g/mol. The van der Waals surface area contributed by atoms with Crippen molar-refractivity contribution in [2.75, 3.05) is 26.7 Å². The molecule has 0 aromatic carbocycles. The van der Waals surface area contributed by atoms with Gasteiger partial charge in [0.1, 0.15) is 0 Å². The van der Waals surface area contributed by atoms with Crippen LogP contribution in [0.5, 0.6) is 0 Å². The molecule has 1 rings (SSSR count). The van der Waals surface area contributed by atoms with E-state index >= 15 is 0 Å². The van der Waals surface area contributed by atoms with Crippen LogP contribution in [0.1, 0.15) is 47.0 Å². The molecule has 0 aliphatic carbocycles. The fraction of sp³-hybridized carbons (Fsp3) is 0.929. The maximum absolute atomic E-state index is 11.7. The predicted molar refractivity (Wildman–Crippen MR) is 69.9 cm³/mol. The van der Waals surface area contributed by atoms with Crippen LogP contribution in [-0.2, 0) is 9.53 Å². The molecule has 1 saturated heterocycles. The van der Waals surface area contributed by atoms with E-state index in [1.165, 1.54) is 26.4 Å². The van der Waals surface area contributed by atoms with E-state index in [2.05, 4.69) is 18.7 Å². The summed E-state index contributed by atoms with van der Waals surface area (Å²) in [5.74, 6) is -0.110. The van der Waals surface area contributed by atoms with E-state index in [1.807, 2.05) is 13.8 Å². The third kappa shape index (κ3) is 4.30. The fourth-order valence-electron chi connectivity index (χ4n) is 2.54. The zero-order chi connectivity index (χ0) is 13.1. The monoisotopic (exact) mass is 241 g/mol. The number of carbonyl (C=O) groups is 1. The number of ether oxygens (including phenoxy) is 1. The molecule has 17 heavy (non-hydrogen) atoms. The summed E-state index contributed by atoms with van der Waals surface area (Å²) in [6, 6.07) is 0. The Kier molecular flexibility index (Phi) is 4.59. The number of hydrogen-bond acceptors (Lipinski definition) is 3. The van der Waals surface area contributed by atoms with Crippen LogP contribution in [0.2, 0.25) is 0 Å². The van der Waals surface area contributed by atoms with E-state index in [0.29, 0.717) is 5.41 Å². The second kappa shape index (κ2) is 5.38. The van der Waals surface area contributed by atoms with Crippen LogP contribution in [0, 0.1) is 10.8 Å². The molecule has 0 bridgehead atoms. The van der Waals surface area contributed by atoms with Crippen molar-refractivity contribution in [3.8, 4) is 0 Å². The lowest BCUT2D eigenvalue weighted by atomic mass is 9.85. The van der Waals surface area contributed by atoms with Crippen LogP contribution >= 0.6 is 0 Å². The van der Waals surface area contributed by atoms with Gasteiger partial charge in [0.05, 0.1) is 12.5 Å². The number of rotatable bonds is 3. The molecule has 0 unspecified atom stereocenters. The highest BCUT2D eigenvalue weighted by Gasteiger charge is 2.32. The molecule has 0 atom stereocenters. The molecule has 0 N–H and O–H groups in total. The van der Waals surface area contributed by atoms with Gasteiger partial charge in [0.15, 0.2) is 0 Å². The van der Waals surface area contributed by atoms with Gasteiger partial charge in [0.25, 0.3) is 0 Å². The first-order valence-corrected chi connectivity index (χ1v) is 6.58. The zero-order valence-corrected chi connectivity index (χ0v) is 12.0. The first-order chi connectivity index (χ1) is 7.77. The van der Waals surface area contributed by atoms with Crippen LogP contribution in [-0.4, -0.2) is 37.6 Å². The van der Waals surface area contributed by atoms with Gasteiger partial charge in [-0.15, -0.1) is 0 Å². The quantitative estimate of drug-likeness (QED) is 0.712. The predicted octanol–water partition coefficient (Wildman–Crippen LogP) is 2.70. The van der Waals surface area contributed by atoms with Gasteiger partial charge in [-0.05, 0) is 51.6 Å². The Bertz CT molecular complexity index is 271. The number of carbonyl (C=O) groups excluding carboxylic acids is 1. The minimum absolute atomic E-state index is 0.110. The van der Waals surface area contributed by atoms with E-state index in [0.717, 1.165) is 19.6 Å². The lowest BCUT2D eigenvalue weighted by Gasteiger charge is -2.30. The summed E-state index contributed by atoms with van der Waals surface area (Å²) in [5, 5.41) is 0. The van der Waals surface area contributed by atoms with Crippen molar-refractivity contribution in [1.82, 2.24) is 4.90 Å². The SMILES string of the molecule is COC(=O)C(C)(C)CN1CCCC(C)(C)CC1. The second-order valence-corrected chi connectivity index (χ2v) is 6.67. The number of methoxy groups -OCH3 is 1. The summed E-state index contributed by atoms with van der Waals surface area (Å²) >= 11 is 0. The average Bonchev–Trinajstić information content (AvgIpc) is 2.38. The molecular weight excluding hydrogens is 214 g/mol. The minimum Gasteiger partial charge on any atom is -0.469 e. The van der Waals surface area contributed by atoms with Gasteiger partial charge in [0.2, 0.25) is 0 Å². The minimum atomic E-state index is -0.400. The molecule has 0 aromatic heterocycles. The molecule has 0 saturated carbocycles. The van der Waals surface area contributed by atoms with E-state index in [9.17, 15) is 4.79 Å². The molecule has 1 heterocycles. The largest absolute Gasteiger partial charge is 0.469 e. The van der Waals surface area contributed by atoms with E-state index in [4.69, 9.17) is 4.74 Å². The summed E-state index contributed by atoms with van der Waals surface area (Å²) in [6.45, 7) is 11.6. The summed E-state index contributed by atoms with van der Waals surface area (Å²) in [7, 11) is 1.47. The van der Waals surface area contributed by atoms with Gasteiger partial charge in [0, 0.05) is 6.54 Å². The van der Waals surface area contributed by atoms with Gasteiger partial charge in [-0.1, -0.05) is 13.8 Å². The summed E-state index contributed by atoms with van der Waals surface area (Å²) in [5.41, 5.74) is 0.0490. The van der Waals surface area contributed by atoms with Gasteiger partial charge >= 0.3 is 5.97 Å². The van der Waals surface area contributed by atoms with Crippen molar-refractivity contribution in [3.05, 3.63) is 0 Å². The maximum atomic E-state index is 11.7. The van der Waals surface area contributed by atoms with Gasteiger partial charge in [-0.25, -0.2) is 0 Å². The highest BCUT2D eigenvalue weighted by Crippen LogP contribution is 2.31. The Morgan fingerprint density at radius 1 is 1.29 bits per heavy atom. The molecule has 0 amide bonds. The van der Waals surface area contributed by atoms with Crippen LogP contribution in [0.25, 0.3) is 0 Å². The Morgan fingerprint density at radius 3 is 2.53 bits per heavy atom. The molecule has 0 aromatic rings. The van der Waals surface area contributed by atoms with Crippen LogP contribution in [0.3, 0.4) is 0 Å². The Morgan fingerprint density at radius 2 is 1.94 bits per heavy atom. The number of nitrogens with zero attached hydrogens (tertiary/aromatic N) is 1. The zero-order valence-electron chi connectivity index (χ0n) is 12.0. The molecule has 1 aliphatic rings. The molecule has 3 nitrogen and oxygen atoms in total. The first-order valence-electron chi connectivity index (χ1n) is 6.58. The highest BCUT2D eigenvalue weighted by molar-refractivity contribution is 5.76. The second-order valence-electron chi connectivity index (χ2n) is 6.67.